The molecule has 4 aromatic carbocycles. The number of anilines is 4. The second-order valence-electron chi connectivity index (χ2n) is 23.4. The number of carbonyl (C=O) groups excluding carboxylic acids is 4. The molecule has 0 aliphatic carbocycles. The molecule has 0 saturated carbocycles. The average Bonchev–Trinajstić information content (AvgIpc) is 1.62. The summed E-state index contributed by atoms with van der Waals surface area (Å²) >= 11 is 5.52. The summed E-state index contributed by atoms with van der Waals surface area (Å²) in [4.78, 5) is 54.1. The van der Waals surface area contributed by atoms with Gasteiger partial charge in [-0.2, -0.15) is 37.7 Å². The largest absolute Gasteiger partial charge is 0.395 e. The predicted octanol–water partition coefficient (Wildman–Crippen LogP) is 10.1. The number of aliphatic hydroxyl groups excluding tert-OH is 1. The number of ether oxygens (including phenoxy) is 8. The van der Waals surface area contributed by atoms with Crippen LogP contribution in [0.4, 0.5) is 77.6 Å². The molecule has 0 radical (unpaired) electrons. The van der Waals surface area contributed by atoms with E-state index in [2.05, 4.69) is 20.6 Å². The number of aromatic nitrogens is 4. The van der Waals surface area contributed by atoms with Crippen LogP contribution in [0.15, 0.2) is 42.4 Å². The number of amides is 4. The smallest absolute Gasteiger partial charge is 0.287 e. The van der Waals surface area contributed by atoms with E-state index in [4.69, 9.17) is 60.2 Å². The second kappa shape index (κ2) is 31.3. The van der Waals surface area contributed by atoms with Crippen LogP contribution in [0.3, 0.4) is 0 Å². The highest BCUT2D eigenvalue weighted by molar-refractivity contribution is 8.16. The first-order valence-electron chi connectivity index (χ1n) is 30.7. The van der Waals surface area contributed by atoms with Gasteiger partial charge < -0.3 is 61.1 Å². The summed E-state index contributed by atoms with van der Waals surface area (Å²) in [5.74, 6) is -8.59. The van der Waals surface area contributed by atoms with Crippen LogP contribution in [-0.4, -0.2) is 207 Å². The highest BCUT2D eigenvalue weighted by Crippen LogP contribution is 2.45. The van der Waals surface area contributed by atoms with Gasteiger partial charge in [-0.3, -0.25) is 43.0 Å². The van der Waals surface area contributed by atoms with Gasteiger partial charge in [0.1, 0.15) is 9.84 Å². The van der Waals surface area contributed by atoms with Crippen molar-refractivity contribution in [3.8, 4) is 0 Å². The summed E-state index contributed by atoms with van der Waals surface area (Å²) in [7, 11) is -6.94. The molecule has 104 heavy (non-hydrogen) atoms. The van der Waals surface area contributed by atoms with Crippen molar-refractivity contribution in [1.29, 1.82) is 0 Å². The molecule has 45 heteroatoms. The molecule has 1 N–H and O–H groups in total. The van der Waals surface area contributed by atoms with Crippen molar-refractivity contribution in [2.24, 2.45) is 0 Å². The maximum atomic E-state index is 14.4. The van der Waals surface area contributed by atoms with Crippen LogP contribution in [-0.2, 0) is 62.0 Å². The lowest BCUT2D eigenvalue weighted by molar-refractivity contribution is -0.0469. The molecule has 560 valence electrons. The van der Waals surface area contributed by atoms with Gasteiger partial charge in [0.2, 0.25) is 45.6 Å². The summed E-state index contributed by atoms with van der Waals surface area (Å²) in [6.45, 7) is 2.50. The lowest BCUT2D eigenvalue weighted by Gasteiger charge is -2.14. The highest BCUT2D eigenvalue weighted by Gasteiger charge is 2.42. The number of aliphatic hydroxyl groups is 1. The molecule has 8 fully saturated rings. The number of nitrogens with zero attached hydrogens (tertiary/aromatic N) is 8. The summed E-state index contributed by atoms with van der Waals surface area (Å²) in [6.07, 6.45) is -0.170. The second-order valence-corrected chi connectivity index (χ2v) is 33.1. The predicted molar refractivity (Wildman–Crippen MR) is 357 cm³/mol. The molecule has 4 aromatic heterocycles. The van der Waals surface area contributed by atoms with Gasteiger partial charge in [0.15, 0.2) is 71.7 Å². The third kappa shape index (κ3) is 15.6. The Kier molecular flexibility index (Phi) is 22.7. The Labute approximate surface area is 601 Å². The lowest BCUT2D eigenvalue weighted by atomic mass is 10.1. The molecule has 4 atom stereocenters. The molecule has 12 heterocycles. The zero-order valence-electron chi connectivity index (χ0n) is 53.7. The summed E-state index contributed by atoms with van der Waals surface area (Å²) < 4.78 is 226. The van der Waals surface area contributed by atoms with Gasteiger partial charge >= 0.3 is 0 Å². The minimum Gasteiger partial charge on any atom is -0.395 e. The minimum atomic E-state index is -3.66. The van der Waals surface area contributed by atoms with Crippen molar-refractivity contribution in [2.75, 3.05) is 142 Å². The first kappa shape index (κ1) is 75.6. The van der Waals surface area contributed by atoms with Crippen LogP contribution in [0.1, 0.15) is 47.4 Å². The van der Waals surface area contributed by atoms with E-state index in [1.165, 1.54) is 55.6 Å². The maximum Gasteiger partial charge on any atom is 0.287 e. The lowest BCUT2D eigenvalue weighted by Crippen LogP contribution is -2.27. The van der Waals surface area contributed by atoms with Crippen molar-refractivity contribution < 1.29 is 136 Å². The minimum absolute atomic E-state index is 0.00310. The summed E-state index contributed by atoms with van der Waals surface area (Å²) in [5, 5.41) is 22.1. The molecule has 0 spiro atoms. The fourth-order valence-corrected chi connectivity index (χ4v) is 18.4. The molecule has 8 aliphatic rings. The van der Waals surface area contributed by atoms with Gasteiger partial charge in [-0.25, -0.2) is 26.0 Å². The van der Waals surface area contributed by atoms with Gasteiger partial charge in [0.25, 0.3) is 31.1 Å². The van der Waals surface area contributed by atoms with Gasteiger partial charge in [-0.15, -0.1) is 0 Å². The Morgan fingerprint density at radius 1 is 0.442 bits per heavy atom. The van der Waals surface area contributed by atoms with Crippen molar-refractivity contribution in [2.45, 2.75) is 46.2 Å². The van der Waals surface area contributed by atoms with E-state index in [1.807, 2.05) is 6.26 Å². The number of thioether (sulfide) groups is 5. The number of carbonyl (C=O) groups is 4. The van der Waals surface area contributed by atoms with E-state index >= 15 is 0 Å². The number of fused-ring (bicyclic) bond motifs is 4. The van der Waals surface area contributed by atoms with Crippen LogP contribution in [0.5, 0.6) is 0 Å². The molecule has 0 bridgehead atoms. The number of hydrogen-bond donors (Lipinski definition) is 1. The quantitative estimate of drug-likeness (QED) is 0.0694. The van der Waals surface area contributed by atoms with E-state index in [1.54, 1.807) is 11.8 Å². The third-order valence-electron chi connectivity index (χ3n) is 16.2. The number of benzene rings is 4. The van der Waals surface area contributed by atoms with Crippen LogP contribution in [0, 0.1) is 46.5 Å². The number of sulfone groups is 1. The van der Waals surface area contributed by atoms with E-state index in [0.717, 1.165) is 53.6 Å². The number of rotatable bonds is 16. The Morgan fingerprint density at radius 2 is 0.712 bits per heavy atom. The van der Waals surface area contributed by atoms with E-state index in [9.17, 15) is 76.2 Å². The van der Waals surface area contributed by atoms with E-state index < -0.39 is 124 Å². The Hall–Kier alpha value is -6.67. The van der Waals surface area contributed by atoms with Gasteiger partial charge in [-0.05, 0) is 30.5 Å². The monoisotopic (exact) mass is 1600 g/mol. The van der Waals surface area contributed by atoms with E-state index in [-0.39, 0.29) is 177 Å². The Morgan fingerprint density at radius 3 is 0.990 bits per heavy atom. The summed E-state index contributed by atoms with van der Waals surface area (Å²) in [5.41, 5.74) is -2.07. The first-order valence-corrected chi connectivity index (χ1v) is 39.5. The fourth-order valence-electron chi connectivity index (χ4n) is 11.6. The van der Waals surface area contributed by atoms with Crippen molar-refractivity contribution in [3.05, 3.63) is 93.1 Å². The molecule has 8 aliphatic heterocycles. The van der Waals surface area contributed by atoms with Gasteiger partial charge in [0, 0.05) is 70.9 Å². The molecule has 4 amide bonds. The van der Waals surface area contributed by atoms with Crippen LogP contribution < -0.4 is 19.6 Å². The Bertz CT molecular complexity index is 4890. The zero-order chi connectivity index (χ0) is 73.8. The maximum absolute atomic E-state index is 14.4. The molecule has 8 saturated heterocycles. The van der Waals surface area contributed by atoms with Crippen molar-refractivity contribution in [1.82, 2.24) is 20.6 Å². The topological polar surface area (TPSA) is 357 Å². The van der Waals surface area contributed by atoms with Gasteiger partial charge in [0.05, 0.1) is 110 Å². The SMILES string of the molecule is CS(=O)(=O)C[C@H]1CN(c2noc3c(F)c(F)c(C4OCCO4)cc23)C(=O)S1.CS(=O)(=O)OC[C@H]1CN(c2noc3c(F)c(F)c(C4OCCO4)cc23)C(=O)S1.CSC[C@H]1CN(c2noc3c(F)c(F)c(C4OCCO4)cc23)C(=O)S1.O=C1S[C@@H](CO)CN1c1noc2c(F)c(F)c(C3OCCO3)cc12. The standard InChI is InChI=1S/C15H14F2N2O7S2.C15H14F2N2O6S2.C15H14F2N2O4S2.C14H12F2N2O5S/c1-28(21,22)25-6-7-5-19(15(20)27-7)13-9-4-8(14-23-2-3-24-14)10(16)11(17)12(9)26-18-13;1-27(21,22)6-7-5-19(15(20)26-7)13-9-4-8(14-23-2-3-24-14)10(16)11(17)12(9)25-18-13;1-24-6-7-5-19(15(20)25-7)13-9-4-8(14-21-2-3-22-14)10(16)11(17)12(9)23-18-13;15-9-7(13-21-1-2-22-13)3-8-11(10(9)16)23-17-12(8)18-4-6(5-19)24-14(18)20/h4,7,14H,2-3,5-6H2,1H3;4,7,14H,2-3,5-6H2,1H3;4,7,14H,2-3,5-6H2,1H3;3,6,13,19H,1-2,4-5H2/t3*7-;6-/m1111/s1. The first-order chi connectivity index (χ1) is 49.7. The van der Waals surface area contributed by atoms with Crippen LogP contribution >= 0.6 is 58.8 Å². The fraction of sp³-hybridized carbons (Fsp3) is 0.458. The zero-order valence-corrected chi connectivity index (χ0v) is 59.4. The van der Waals surface area contributed by atoms with Crippen molar-refractivity contribution in [3.63, 3.8) is 0 Å². The third-order valence-corrected chi connectivity index (χ3v) is 23.1. The molecular formula is C59H54F8N8O22S7. The normalized spacial score (nSPS) is 21.7. The van der Waals surface area contributed by atoms with Crippen molar-refractivity contribution >= 4 is 167 Å². The molecule has 0 unspecified atom stereocenters. The molecular weight excluding hydrogens is 1550 g/mol. The van der Waals surface area contributed by atoms with Crippen LogP contribution in [0.25, 0.3) is 43.9 Å². The number of halogens is 8. The Balaban J connectivity index is 0.000000123. The summed E-state index contributed by atoms with van der Waals surface area (Å²) in [6, 6.07) is 5.25. The van der Waals surface area contributed by atoms with Gasteiger partial charge in [-0.1, -0.05) is 67.7 Å². The number of hydrogen-bond acceptors (Lipinski definition) is 31. The highest BCUT2D eigenvalue weighted by atomic mass is 32.2. The van der Waals surface area contributed by atoms with Crippen LogP contribution in [0.2, 0.25) is 0 Å². The molecule has 30 nitrogen and oxygen atoms in total. The van der Waals surface area contributed by atoms with E-state index in [0.29, 0.717) is 19.8 Å². The molecule has 8 aromatic rings. The molecule has 16 rings (SSSR count). The average molecular weight is 1600 g/mol.